The first kappa shape index (κ1) is 14.1. The van der Waals surface area contributed by atoms with Crippen LogP contribution in [0.1, 0.15) is 36.3 Å². The summed E-state index contributed by atoms with van der Waals surface area (Å²) in [5.74, 6) is 2.69. The highest BCUT2D eigenvalue weighted by atomic mass is 16.5. The van der Waals surface area contributed by atoms with Crippen molar-refractivity contribution >= 4 is 5.78 Å². The van der Waals surface area contributed by atoms with Crippen molar-refractivity contribution in [2.24, 2.45) is 0 Å². The fourth-order valence-electron chi connectivity index (χ4n) is 3.51. The highest BCUT2D eigenvalue weighted by Crippen LogP contribution is 2.46. The smallest absolute Gasteiger partial charge is 0.163 e. The molecule has 0 bridgehead atoms. The Balaban J connectivity index is 1.89. The topological polar surface area (TPSA) is 35.5 Å². The van der Waals surface area contributed by atoms with Crippen LogP contribution in [0, 0.1) is 0 Å². The molecule has 1 aliphatic carbocycles. The molecule has 1 heterocycles. The summed E-state index contributed by atoms with van der Waals surface area (Å²) in [5, 5.41) is 0. The van der Waals surface area contributed by atoms with E-state index in [1.165, 1.54) is 0 Å². The number of carbonyl (C=O) groups excluding carboxylic acids is 1. The largest absolute Gasteiger partial charge is 0.497 e. The van der Waals surface area contributed by atoms with Crippen LogP contribution in [0.2, 0.25) is 0 Å². The standard InChI is InChI=1S/C20H18O3/c1-22-14-11-9-13(10-12-14)19-15-5-2-3-7-17(15)23-18-8-4-6-16(21)20(18)19/h2-3,5,7,9-12,19H,4,6,8H2,1H3/t19-/m0/s1. The maximum atomic E-state index is 12.6. The average Bonchev–Trinajstić information content (AvgIpc) is 2.60. The number of carbonyl (C=O) groups is 1. The summed E-state index contributed by atoms with van der Waals surface area (Å²) in [6.07, 6.45) is 2.31. The van der Waals surface area contributed by atoms with Gasteiger partial charge in [0.1, 0.15) is 17.3 Å². The summed E-state index contributed by atoms with van der Waals surface area (Å²) >= 11 is 0. The van der Waals surface area contributed by atoms with Gasteiger partial charge in [-0.15, -0.1) is 0 Å². The van der Waals surface area contributed by atoms with Gasteiger partial charge in [0.2, 0.25) is 0 Å². The molecule has 3 nitrogen and oxygen atoms in total. The molecule has 3 heteroatoms. The van der Waals surface area contributed by atoms with Crippen molar-refractivity contribution in [2.75, 3.05) is 7.11 Å². The molecule has 1 atom stereocenters. The van der Waals surface area contributed by atoms with E-state index < -0.39 is 0 Å². The second-order valence-corrected chi connectivity index (χ2v) is 5.96. The molecule has 0 radical (unpaired) electrons. The Morgan fingerprint density at radius 2 is 1.83 bits per heavy atom. The lowest BCUT2D eigenvalue weighted by atomic mass is 9.77. The number of rotatable bonds is 2. The predicted octanol–water partition coefficient (Wildman–Crippen LogP) is 4.23. The number of Topliss-reactive ketones (excluding diaryl/α,β-unsaturated/α-hetero) is 1. The number of benzene rings is 2. The van der Waals surface area contributed by atoms with Gasteiger partial charge in [-0.05, 0) is 30.2 Å². The van der Waals surface area contributed by atoms with Crippen molar-refractivity contribution < 1.29 is 14.3 Å². The molecule has 116 valence electrons. The van der Waals surface area contributed by atoms with Gasteiger partial charge < -0.3 is 9.47 Å². The molecule has 0 unspecified atom stereocenters. The molecule has 2 aromatic rings. The Bertz CT molecular complexity index is 787. The van der Waals surface area contributed by atoms with Gasteiger partial charge in [0, 0.05) is 29.9 Å². The number of allylic oxidation sites excluding steroid dienone is 2. The van der Waals surface area contributed by atoms with Crippen molar-refractivity contribution in [1.82, 2.24) is 0 Å². The van der Waals surface area contributed by atoms with Crippen molar-refractivity contribution in [3.63, 3.8) is 0 Å². The van der Waals surface area contributed by atoms with Crippen molar-refractivity contribution in [3.8, 4) is 11.5 Å². The molecule has 0 N–H and O–H groups in total. The van der Waals surface area contributed by atoms with Crippen LogP contribution >= 0.6 is 0 Å². The predicted molar refractivity (Wildman–Crippen MR) is 87.8 cm³/mol. The van der Waals surface area contributed by atoms with E-state index in [9.17, 15) is 4.79 Å². The molecule has 0 amide bonds. The molecular formula is C20H18O3. The molecule has 0 aromatic heterocycles. The fraction of sp³-hybridized carbons (Fsp3) is 0.250. The first-order valence-electron chi connectivity index (χ1n) is 7.95. The molecule has 0 spiro atoms. The Morgan fingerprint density at radius 1 is 1.04 bits per heavy atom. The quantitative estimate of drug-likeness (QED) is 0.833. The minimum absolute atomic E-state index is 0.0475. The zero-order chi connectivity index (χ0) is 15.8. The number of methoxy groups -OCH3 is 1. The number of hydrogen-bond acceptors (Lipinski definition) is 3. The van der Waals surface area contributed by atoms with Crippen LogP contribution in [-0.4, -0.2) is 12.9 Å². The van der Waals surface area contributed by atoms with E-state index in [0.29, 0.717) is 6.42 Å². The van der Waals surface area contributed by atoms with Crippen molar-refractivity contribution in [2.45, 2.75) is 25.2 Å². The van der Waals surface area contributed by atoms with Gasteiger partial charge in [-0.25, -0.2) is 0 Å². The molecule has 0 saturated carbocycles. The molecule has 2 aliphatic rings. The number of ketones is 1. The van der Waals surface area contributed by atoms with Gasteiger partial charge in [0.25, 0.3) is 0 Å². The van der Waals surface area contributed by atoms with Gasteiger partial charge in [-0.3, -0.25) is 4.79 Å². The summed E-state index contributed by atoms with van der Waals surface area (Å²) in [5.41, 5.74) is 3.00. The third-order valence-corrected chi connectivity index (χ3v) is 4.61. The van der Waals surface area contributed by atoms with E-state index in [4.69, 9.17) is 9.47 Å². The van der Waals surface area contributed by atoms with Crippen LogP contribution < -0.4 is 9.47 Å². The third kappa shape index (κ3) is 2.33. The maximum Gasteiger partial charge on any atom is 0.163 e. The second-order valence-electron chi connectivity index (χ2n) is 5.96. The molecule has 1 aliphatic heterocycles. The highest BCUT2D eigenvalue weighted by molar-refractivity contribution is 5.99. The SMILES string of the molecule is COc1ccc([C@@H]2C3=C(CCCC3=O)Oc3ccccc32)cc1. The van der Waals surface area contributed by atoms with Gasteiger partial charge >= 0.3 is 0 Å². The summed E-state index contributed by atoms with van der Waals surface area (Å²) in [6, 6.07) is 16.0. The Kier molecular flexibility index (Phi) is 3.41. The van der Waals surface area contributed by atoms with Crippen molar-refractivity contribution in [3.05, 3.63) is 71.0 Å². The van der Waals surface area contributed by atoms with Crippen LogP contribution in [-0.2, 0) is 4.79 Å². The molecule has 2 aromatic carbocycles. The average molecular weight is 306 g/mol. The zero-order valence-corrected chi connectivity index (χ0v) is 13.0. The van der Waals surface area contributed by atoms with E-state index in [1.54, 1.807) is 7.11 Å². The lowest BCUT2D eigenvalue weighted by molar-refractivity contribution is -0.116. The Morgan fingerprint density at radius 3 is 2.61 bits per heavy atom. The molecule has 4 rings (SSSR count). The van der Waals surface area contributed by atoms with Crippen LogP contribution in [0.25, 0.3) is 0 Å². The second kappa shape index (κ2) is 5.58. The van der Waals surface area contributed by atoms with E-state index in [2.05, 4.69) is 6.07 Å². The highest BCUT2D eigenvalue weighted by Gasteiger charge is 2.36. The zero-order valence-electron chi connectivity index (χ0n) is 13.0. The normalized spacial score (nSPS) is 19.7. The van der Waals surface area contributed by atoms with Crippen LogP contribution in [0.5, 0.6) is 11.5 Å². The summed E-state index contributed by atoms with van der Waals surface area (Å²) < 4.78 is 11.3. The molecule has 23 heavy (non-hydrogen) atoms. The third-order valence-electron chi connectivity index (χ3n) is 4.61. The van der Waals surface area contributed by atoms with Crippen molar-refractivity contribution in [1.29, 1.82) is 0 Å². The van der Waals surface area contributed by atoms with E-state index in [-0.39, 0.29) is 11.7 Å². The Hall–Kier alpha value is -2.55. The summed E-state index contributed by atoms with van der Waals surface area (Å²) in [7, 11) is 1.66. The number of para-hydroxylation sites is 1. The molecule has 0 saturated heterocycles. The van der Waals surface area contributed by atoms with E-state index in [1.807, 2.05) is 42.5 Å². The first-order chi connectivity index (χ1) is 11.3. The first-order valence-corrected chi connectivity index (χ1v) is 7.95. The Labute approximate surface area is 135 Å². The molecular weight excluding hydrogens is 288 g/mol. The lowest BCUT2D eigenvalue weighted by Gasteiger charge is -2.32. The summed E-state index contributed by atoms with van der Waals surface area (Å²) in [6.45, 7) is 0. The van der Waals surface area contributed by atoms with Crippen LogP contribution in [0.3, 0.4) is 0 Å². The number of ether oxygens (including phenoxy) is 2. The van der Waals surface area contributed by atoms with E-state index in [0.717, 1.165) is 46.8 Å². The lowest BCUT2D eigenvalue weighted by Crippen LogP contribution is -2.25. The monoisotopic (exact) mass is 306 g/mol. The number of hydrogen-bond donors (Lipinski definition) is 0. The fourth-order valence-corrected chi connectivity index (χ4v) is 3.51. The summed E-state index contributed by atoms with van der Waals surface area (Å²) in [4.78, 5) is 12.6. The van der Waals surface area contributed by atoms with Gasteiger partial charge in [-0.1, -0.05) is 30.3 Å². The van der Waals surface area contributed by atoms with E-state index >= 15 is 0 Å². The maximum absolute atomic E-state index is 12.6. The van der Waals surface area contributed by atoms with Gasteiger partial charge in [0.05, 0.1) is 7.11 Å². The van der Waals surface area contributed by atoms with Crippen LogP contribution in [0.4, 0.5) is 0 Å². The van der Waals surface area contributed by atoms with Crippen LogP contribution in [0.15, 0.2) is 59.9 Å². The van der Waals surface area contributed by atoms with Gasteiger partial charge in [-0.2, -0.15) is 0 Å². The van der Waals surface area contributed by atoms with Gasteiger partial charge in [0.15, 0.2) is 5.78 Å². The number of fused-ring (bicyclic) bond motifs is 1. The molecule has 0 fully saturated rings. The minimum atomic E-state index is -0.0475. The minimum Gasteiger partial charge on any atom is -0.497 e.